The fourth-order valence-corrected chi connectivity index (χ4v) is 5.18. The number of nitrogens with two attached hydrogens (primary N) is 1. The minimum atomic E-state index is -3.95. The van der Waals surface area contributed by atoms with E-state index in [9.17, 15) is 16.8 Å². The van der Waals surface area contributed by atoms with E-state index < -0.39 is 25.4 Å². The summed E-state index contributed by atoms with van der Waals surface area (Å²) in [7, 11) is -7.85. The molecular formula is C21H22N4O4S2. The summed E-state index contributed by atoms with van der Waals surface area (Å²) in [5, 5.41) is 9.03. The highest BCUT2D eigenvalue weighted by molar-refractivity contribution is 7.97. The average molecular weight is 459 g/mol. The van der Waals surface area contributed by atoms with E-state index in [0.29, 0.717) is 10.8 Å². The molecule has 0 aliphatic carbocycles. The molecule has 31 heavy (non-hydrogen) atoms. The molecule has 3 rings (SSSR count). The summed E-state index contributed by atoms with van der Waals surface area (Å²) in [5.41, 5.74) is 2.95. The van der Waals surface area contributed by atoms with Crippen molar-refractivity contribution < 1.29 is 16.8 Å². The van der Waals surface area contributed by atoms with Crippen LogP contribution >= 0.6 is 0 Å². The normalized spacial score (nSPS) is 12.7. The molecule has 0 aliphatic rings. The van der Waals surface area contributed by atoms with Gasteiger partial charge in [-0.2, -0.15) is 0 Å². The molecule has 0 saturated carbocycles. The van der Waals surface area contributed by atoms with Gasteiger partial charge in [0.2, 0.25) is 9.84 Å². The summed E-state index contributed by atoms with van der Waals surface area (Å²) in [6, 6.07) is 13.9. The van der Waals surface area contributed by atoms with Crippen LogP contribution < -0.4 is 5.84 Å². The van der Waals surface area contributed by atoms with E-state index in [0.717, 1.165) is 21.4 Å². The third kappa shape index (κ3) is 5.89. The molecule has 0 radical (unpaired) electrons. The first-order valence-electron chi connectivity index (χ1n) is 9.22. The van der Waals surface area contributed by atoms with Gasteiger partial charge in [-0.15, -0.1) is 10.2 Å². The number of nitrogens with zero attached hydrogens (tertiary/aromatic N) is 3. The maximum absolute atomic E-state index is 12.4. The number of hydrogen-bond acceptors (Lipinski definition) is 7. The quantitative estimate of drug-likeness (QED) is 0.540. The van der Waals surface area contributed by atoms with Gasteiger partial charge in [0.15, 0.2) is 21.5 Å². The van der Waals surface area contributed by atoms with Gasteiger partial charge in [0.05, 0.1) is 4.90 Å². The fraction of sp³-hybridized carbons (Fsp3) is 0.143. The molecule has 0 amide bonds. The second kappa shape index (κ2) is 8.86. The monoisotopic (exact) mass is 458 g/mol. The van der Waals surface area contributed by atoms with Crippen LogP contribution in [0.15, 0.2) is 64.2 Å². The zero-order chi connectivity index (χ0) is 22.6. The van der Waals surface area contributed by atoms with Crippen LogP contribution in [0.5, 0.6) is 0 Å². The summed E-state index contributed by atoms with van der Waals surface area (Å²) < 4.78 is 50.5. The van der Waals surface area contributed by atoms with Crippen LogP contribution in [0.4, 0.5) is 0 Å². The molecule has 3 aromatic rings. The van der Waals surface area contributed by atoms with Gasteiger partial charge in [0.1, 0.15) is 5.75 Å². The molecule has 1 aromatic heterocycles. The Bertz CT molecular complexity index is 1340. The predicted octanol–water partition coefficient (Wildman–Crippen LogP) is 2.64. The molecule has 2 aromatic carbocycles. The number of aromatic nitrogens is 3. The molecule has 0 saturated heterocycles. The topological polar surface area (TPSA) is 125 Å². The van der Waals surface area contributed by atoms with Gasteiger partial charge < -0.3 is 5.84 Å². The minimum Gasteiger partial charge on any atom is -0.336 e. The summed E-state index contributed by atoms with van der Waals surface area (Å²) >= 11 is 0. The molecule has 162 valence electrons. The Morgan fingerprint density at radius 2 is 1.42 bits per heavy atom. The Morgan fingerprint density at radius 3 is 2.03 bits per heavy atom. The smallest absolute Gasteiger partial charge is 0.200 e. The summed E-state index contributed by atoms with van der Waals surface area (Å²) in [4.78, 5) is 0.00932. The van der Waals surface area contributed by atoms with Crippen molar-refractivity contribution in [3.8, 4) is 0 Å². The molecule has 0 aliphatic heterocycles. The summed E-state index contributed by atoms with van der Waals surface area (Å²) in [6.07, 6.45) is 3.39. The lowest BCUT2D eigenvalue weighted by atomic mass is 10.1. The third-order valence-corrected chi connectivity index (χ3v) is 7.22. The molecular weight excluding hydrogens is 436 g/mol. The first kappa shape index (κ1) is 22.4. The highest BCUT2D eigenvalue weighted by Gasteiger charge is 2.18. The van der Waals surface area contributed by atoms with Gasteiger partial charge in [-0.25, -0.2) is 21.5 Å². The second-order valence-electron chi connectivity index (χ2n) is 7.03. The third-order valence-electron chi connectivity index (χ3n) is 4.42. The van der Waals surface area contributed by atoms with E-state index in [1.807, 2.05) is 38.1 Å². The van der Waals surface area contributed by atoms with Crippen molar-refractivity contribution in [2.45, 2.75) is 24.5 Å². The molecule has 0 fully saturated rings. The van der Waals surface area contributed by atoms with Gasteiger partial charge in [-0.05, 0) is 37.6 Å². The van der Waals surface area contributed by atoms with E-state index in [1.165, 1.54) is 12.1 Å². The predicted molar refractivity (Wildman–Crippen MR) is 120 cm³/mol. The Balaban J connectivity index is 1.75. The molecule has 2 N–H and O–H groups in total. The van der Waals surface area contributed by atoms with Crippen LogP contribution in [0.3, 0.4) is 0 Å². The van der Waals surface area contributed by atoms with Crippen molar-refractivity contribution in [1.82, 2.24) is 14.9 Å². The SMILES string of the molecule is Cc1ccc(C=Cc2nnc(CS(=O)(=O)C=CS(=O)(=O)c3ccc(C)cc3)n2N)cc1. The van der Waals surface area contributed by atoms with Crippen molar-refractivity contribution in [3.05, 3.63) is 87.7 Å². The van der Waals surface area contributed by atoms with Crippen LogP contribution in [-0.4, -0.2) is 31.7 Å². The first-order valence-corrected chi connectivity index (χ1v) is 12.5. The van der Waals surface area contributed by atoms with Crippen LogP contribution in [0.25, 0.3) is 12.2 Å². The van der Waals surface area contributed by atoms with Crippen molar-refractivity contribution in [3.63, 3.8) is 0 Å². The lowest BCUT2D eigenvalue weighted by molar-refractivity contribution is 0.598. The average Bonchev–Trinajstić information content (AvgIpc) is 3.05. The zero-order valence-electron chi connectivity index (χ0n) is 17.0. The van der Waals surface area contributed by atoms with Gasteiger partial charge in [0.25, 0.3) is 0 Å². The van der Waals surface area contributed by atoms with E-state index >= 15 is 0 Å². The molecule has 0 unspecified atom stereocenters. The van der Waals surface area contributed by atoms with E-state index in [2.05, 4.69) is 10.2 Å². The number of nitrogen functional groups attached to an aromatic ring is 1. The maximum atomic E-state index is 12.4. The van der Waals surface area contributed by atoms with Gasteiger partial charge in [-0.1, -0.05) is 53.6 Å². The lowest BCUT2D eigenvalue weighted by Gasteiger charge is -2.02. The Labute approximate surface area is 181 Å². The number of benzene rings is 2. The van der Waals surface area contributed by atoms with Crippen molar-refractivity contribution in [2.24, 2.45) is 0 Å². The van der Waals surface area contributed by atoms with Gasteiger partial charge in [-0.3, -0.25) is 0 Å². The number of aryl methyl sites for hydroxylation is 2. The summed E-state index contributed by atoms with van der Waals surface area (Å²) in [5.74, 6) is 5.58. The maximum Gasteiger partial charge on any atom is 0.200 e. The number of sulfone groups is 2. The number of hydrogen-bond donors (Lipinski definition) is 1. The van der Waals surface area contributed by atoms with Crippen LogP contribution in [0.2, 0.25) is 0 Å². The van der Waals surface area contributed by atoms with Crippen molar-refractivity contribution in [2.75, 3.05) is 5.84 Å². The molecule has 0 spiro atoms. The van der Waals surface area contributed by atoms with E-state index in [1.54, 1.807) is 24.3 Å². The van der Waals surface area contributed by atoms with Crippen molar-refractivity contribution >= 4 is 31.8 Å². The molecule has 0 atom stereocenters. The fourth-order valence-electron chi connectivity index (χ4n) is 2.59. The minimum absolute atomic E-state index is 0.00932. The standard InChI is InChI=1S/C21H22N4O4S2/c1-16-3-7-18(8-4-16)9-12-20-23-24-21(25(20)22)15-30(26,27)13-14-31(28,29)19-10-5-17(2)6-11-19/h3-14H,15,22H2,1-2H3. The molecule has 8 nitrogen and oxygen atoms in total. The highest BCUT2D eigenvalue weighted by atomic mass is 32.2. The van der Waals surface area contributed by atoms with Crippen molar-refractivity contribution in [1.29, 1.82) is 0 Å². The number of rotatable bonds is 7. The van der Waals surface area contributed by atoms with E-state index in [4.69, 9.17) is 5.84 Å². The Hall–Kier alpha value is -3.24. The highest BCUT2D eigenvalue weighted by Crippen LogP contribution is 2.15. The lowest BCUT2D eigenvalue weighted by Crippen LogP contribution is -2.17. The molecule has 0 bridgehead atoms. The Kier molecular flexibility index (Phi) is 6.42. The first-order chi connectivity index (χ1) is 14.6. The van der Waals surface area contributed by atoms with E-state index in [-0.39, 0.29) is 16.5 Å². The molecule has 1 heterocycles. The van der Waals surface area contributed by atoms with Gasteiger partial charge in [0, 0.05) is 10.8 Å². The van der Waals surface area contributed by atoms with Gasteiger partial charge >= 0.3 is 0 Å². The van der Waals surface area contributed by atoms with Crippen LogP contribution in [0.1, 0.15) is 28.3 Å². The van der Waals surface area contributed by atoms with Crippen LogP contribution in [0, 0.1) is 13.8 Å². The van der Waals surface area contributed by atoms with Crippen LogP contribution in [-0.2, 0) is 25.4 Å². The Morgan fingerprint density at radius 1 is 0.839 bits per heavy atom. The largest absolute Gasteiger partial charge is 0.336 e. The zero-order valence-corrected chi connectivity index (χ0v) is 18.6. The second-order valence-corrected chi connectivity index (χ2v) is 10.7. The molecule has 10 heteroatoms. The summed E-state index contributed by atoms with van der Waals surface area (Å²) in [6.45, 7) is 3.81.